The molecule has 0 atom stereocenters. The first-order valence-corrected chi connectivity index (χ1v) is 14.2. The van der Waals surface area contributed by atoms with Crippen LogP contribution in [-0.2, 0) is 10.2 Å². The number of hydrogen-bond acceptors (Lipinski definition) is 6. The van der Waals surface area contributed by atoms with E-state index in [0.29, 0.717) is 30.7 Å². The third-order valence-corrected chi connectivity index (χ3v) is 8.64. The summed E-state index contributed by atoms with van der Waals surface area (Å²) in [5.41, 5.74) is 0.0988. The van der Waals surface area contributed by atoms with Crippen molar-refractivity contribution in [1.29, 1.82) is 0 Å². The number of carbonyl (C=O) groups excluding carboxylic acids is 2. The lowest BCUT2D eigenvalue weighted by atomic mass is 9.68. The van der Waals surface area contributed by atoms with E-state index in [-0.39, 0.29) is 41.4 Å². The van der Waals surface area contributed by atoms with Gasteiger partial charge in [-0.3, -0.25) is 14.5 Å². The van der Waals surface area contributed by atoms with Crippen LogP contribution in [0.25, 0.3) is 11.3 Å². The van der Waals surface area contributed by atoms with Gasteiger partial charge in [-0.25, -0.2) is 13.8 Å². The van der Waals surface area contributed by atoms with Crippen molar-refractivity contribution in [3.63, 3.8) is 0 Å². The number of hydrogen-bond donors (Lipinski definition) is 0. The number of nitrogens with zero attached hydrogens (tertiary/aromatic N) is 3. The second-order valence-corrected chi connectivity index (χ2v) is 12.5. The van der Waals surface area contributed by atoms with E-state index in [0.717, 1.165) is 30.5 Å². The molecule has 0 unspecified atom stereocenters. The summed E-state index contributed by atoms with van der Waals surface area (Å²) in [7, 11) is 0. The Labute approximate surface area is 238 Å². The van der Waals surface area contributed by atoms with E-state index in [1.54, 1.807) is 12.3 Å². The van der Waals surface area contributed by atoms with Crippen LogP contribution in [0.2, 0.25) is 5.15 Å². The van der Waals surface area contributed by atoms with E-state index in [2.05, 4.69) is 15.0 Å². The maximum atomic E-state index is 14.3. The lowest BCUT2D eigenvalue weighted by Gasteiger charge is -2.54. The van der Waals surface area contributed by atoms with Gasteiger partial charge < -0.3 is 4.52 Å². The fourth-order valence-corrected chi connectivity index (χ4v) is 6.42. The van der Waals surface area contributed by atoms with Crippen molar-refractivity contribution in [2.45, 2.75) is 76.7 Å². The van der Waals surface area contributed by atoms with Crippen LogP contribution in [0, 0.1) is 17.0 Å². The second kappa shape index (κ2) is 11.5. The number of benzene rings is 1. The Morgan fingerprint density at radius 2 is 1.82 bits per heavy atom. The first kappa shape index (κ1) is 28.6. The van der Waals surface area contributed by atoms with E-state index in [1.165, 1.54) is 31.4 Å². The molecule has 212 valence electrons. The average molecular weight is 570 g/mol. The number of rotatable bonds is 10. The smallest absolute Gasteiger partial charge is 0.185 e. The van der Waals surface area contributed by atoms with Gasteiger partial charge in [-0.05, 0) is 42.0 Å². The number of ketones is 2. The lowest BCUT2D eigenvalue weighted by molar-refractivity contribution is -0.127. The van der Waals surface area contributed by atoms with Crippen molar-refractivity contribution in [2.75, 3.05) is 13.1 Å². The van der Waals surface area contributed by atoms with Crippen LogP contribution in [0.5, 0.6) is 0 Å². The maximum Gasteiger partial charge on any atom is 0.185 e. The number of pyridine rings is 1. The summed E-state index contributed by atoms with van der Waals surface area (Å²) in [5, 5.41) is 4.29. The molecule has 6 nitrogen and oxygen atoms in total. The Bertz CT molecular complexity index is 1380. The molecule has 9 heteroatoms. The fourth-order valence-electron chi connectivity index (χ4n) is 6.31. The van der Waals surface area contributed by atoms with Crippen molar-refractivity contribution >= 4 is 23.2 Å². The first-order chi connectivity index (χ1) is 19.0. The van der Waals surface area contributed by atoms with Crippen LogP contribution in [0.1, 0.15) is 81.3 Å². The number of likely N-dealkylation sites (tertiary alicyclic amines) is 1. The Hall–Kier alpha value is -2.97. The van der Waals surface area contributed by atoms with Gasteiger partial charge in [0.05, 0.1) is 5.56 Å². The zero-order valence-electron chi connectivity index (χ0n) is 22.9. The van der Waals surface area contributed by atoms with E-state index < -0.39 is 22.5 Å². The minimum Gasteiger partial charge on any atom is -0.355 e. The van der Waals surface area contributed by atoms with Gasteiger partial charge in [0.2, 0.25) is 0 Å². The Balaban J connectivity index is 1.31. The van der Waals surface area contributed by atoms with Crippen LogP contribution >= 0.6 is 11.6 Å². The van der Waals surface area contributed by atoms with Gasteiger partial charge in [0.1, 0.15) is 28.3 Å². The standard InChI is InChI=1S/C31H34ClF2N3O3/c1-30(2,20-8-11-29(32)35-17-20)14-23(38)15-31(18-37(19-31)22-6-4-3-5-7-22)16-27(39)26-13-28(40-36-26)24-10-9-21(33)12-25(24)34/h8-13,17,22H,3-7,14-16,18-19H2,1-2H3. The van der Waals surface area contributed by atoms with Crippen LogP contribution in [-0.4, -0.2) is 45.7 Å². The highest BCUT2D eigenvalue weighted by Crippen LogP contribution is 2.43. The zero-order chi connectivity index (χ0) is 28.5. The van der Waals surface area contributed by atoms with Crippen molar-refractivity contribution < 1.29 is 22.9 Å². The number of carbonyl (C=O) groups is 2. The van der Waals surface area contributed by atoms with Crippen LogP contribution in [0.4, 0.5) is 8.78 Å². The quantitative estimate of drug-likeness (QED) is 0.190. The molecule has 1 aromatic carbocycles. The molecule has 1 saturated carbocycles. The number of Topliss-reactive ketones (excluding diaryl/α,β-unsaturated/α-hetero) is 2. The molecule has 2 aliphatic rings. The van der Waals surface area contributed by atoms with Gasteiger partial charge >= 0.3 is 0 Å². The van der Waals surface area contributed by atoms with Gasteiger partial charge in [-0.1, -0.05) is 55.9 Å². The van der Waals surface area contributed by atoms with Gasteiger partial charge in [-0.15, -0.1) is 0 Å². The second-order valence-electron chi connectivity index (χ2n) is 12.1. The van der Waals surface area contributed by atoms with Gasteiger partial charge in [-0.2, -0.15) is 0 Å². The molecule has 2 fully saturated rings. The van der Waals surface area contributed by atoms with E-state index >= 15 is 0 Å². The number of aromatic nitrogens is 2. The summed E-state index contributed by atoms with van der Waals surface area (Å²) in [6, 6.07) is 8.63. The number of halogens is 3. The molecule has 1 aliphatic heterocycles. The van der Waals surface area contributed by atoms with Gasteiger partial charge in [0.15, 0.2) is 11.5 Å². The molecule has 5 rings (SSSR count). The van der Waals surface area contributed by atoms with Crippen LogP contribution in [0.3, 0.4) is 0 Å². The summed E-state index contributed by atoms with van der Waals surface area (Å²) in [6.07, 6.45) is 8.39. The van der Waals surface area contributed by atoms with E-state index in [1.807, 2.05) is 19.9 Å². The van der Waals surface area contributed by atoms with Crippen LogP contribution < -0.4 is 0 Å². The molecule has 3 heterocycles. The highest BCUT2D eigenvalue weighted by atomic mass is 35.5. The highest BCUT2D eigenvalue weighted by molar-refractivity contribution is 6.29. The minimum absolute atomic E-state index is 0.0314. The Morgan fingerprint density at radius 1 is 1.07 bits per heavy atom. The third kappa shape index (κ3) is 6.33. The topological polar surface area (TPSA) is 76.3 Å². The lowest BCUT2D eigenvalue weighted by Crippen LogP contribution is -2.61. The first-order valence-electron chi connectivity index (χ1n) is 13.9. The third-order valence-electron chi connectivity index (χ3n) is 8.42. The molecule has 1 aliphatic carbocycles. The van der Waals surface area contributed by atoms with E-state index in [4.69, 9.17) is 16.1 Å². The molecule has 0 bridgehead atoms. The van der Waals surface area contributed by atoms with Crippen molar-refractivity contribution in [1.82, 2.24) is 15.0 Å². The molecule has 3 aromatic rings. The molecular formula is C31H34ClF2N3O3. The van der Waals surface area contributed by atoms with Gasteiger partial charge in [0, 0.05) is 62.1 Å². The summed E-state index contributed by atoms with van der Waals surface area (Å²) >= 11 is 5.95. The molecule has 0 spiro atoms. The summed E-state index contributed by atoms with van der Waals surface area (Å²) in [6.45, 7) is 5.37. The minimum atomic E-state index is -0.794. The van der Waals surface area contributed by atoms with E-state index in [9.17, 15) is 18.4 Å². The summed E-state index contributed by atoms with van der Waals surface area (Å²) < 4.78 is 32.8. The van der Waals surface area contributed by atoms with Gasteiger partial charge in [0.25, 0.3) is 0 Å². The molecular weight excluding hydrogens is 536 g/mol. The molecule has 0 amide bonds. The molecule has 2 aromatic heterocycles. The van der Waals surface area contributed by atoms with Crippen LogP contribution in [0.15, 0.2) is 47.1 Å². The fraction of sp³-hybridized carbons (Fsp3) is 0.484. The Kier molecular flexibility index (Phi) is 8.20. The van der Waals surface area contributed by atoms with Crippen molar-refractivity contribution in [3.8, 4) is 11.3 Å². The monoisotopic (exact) mass is 569 g/mol. The van der Waals surface area contributed by atoms with Crippen molar-refractivity contribution in [3.05, 3.63) is 70.6 Å². The normalized spacial score (nSPS) is 17.9. The average Bonchev–Trinajstić information content (AvgIpc) is 3.37. The zero-order valence-corrected chi connectivity index (χ0v) is 23.6. The Morgan fingerprint density at radius 3 is 2.50 bits per heavy atom. The molecule has 0 N–H and O–H groups in total. The molecule has 40 heavy (non-hydrogen) atoms. The largest absolute Gasteiger partial charge is 0.355 e. The highest BCUT2D eigenvalue weighted by Gasteiger charge is 2.48. The summed E-state index contributed by atoms with van der Waals surface area (Å²) in [5.74, 6) is -1.61. The summed E-state index contributed by atoms with van der Waals surface area (Å²) in [4.78, 5) is 33.5. The SMILES string of the molecule is CC(C)(CC(=O)CC1(CC(=O)c2cc(-c3ccc(F)cc3F)on2)CN(C2CCCCC2)C1)c1ccc(Cl)nc1. The molecule has 1 saturated heterocycles. The maximum absolute atomic E-state index is 14.3. The predicted octanol–water partition coefficient (Wildman–Crippen LogP) is 7.20. The molecule has 0 radical (unpaired) electrons. The van der Waals surface area contributed by atoms with Crippen molar-refractivity contribution in [2.24, 2.45) is 5.41 Å². The predicted molar refractivity (Wildman–Crippen MR) is 148 cm³/mol.